The quantitative estimate of drug-likeness (QED) is 0.856. The molecular formula is C15H20N2S2. The Bertz CT molecular complexity index is 541. The van der Waals surface area contributed by atoms with Crippen molar-refractivity contribution in [3.8, 4) is 0 Å². The predicted octanol–water partition coefficient (Wildman–Crippen LogP) is 4.25. The van der Waals surface area contributed by atoms with Gasteiger partial charge in [-0.2, -0.15) is 0 Å². The Morgan fingerprint density at radius 3 is 2.47 bits per heavy atom. The molecule has 0 aliphatic rings. The normalized spacial score (nSPS) is 14.4. The summed E-state index contributed by atoms with van der Waals surface area (Å²) in [6.45, 7) is 8.34. The fourth-order valence-corrected chi connectivity index (χ4v) is 4.41. The average molecular weight is 292 g/mol. The molecule has 0 aromatic carbocycles. The first kappa shape index (κ1) is 14.6. The fourth-order valence-electron chi connectivity index (χ4n) is 2.03. The van der Waals surface area contributed by atoms with Crippen molar-refractivity contribution in [3.05, 3.63) is 45.3 Å². The highest BCUT2D eigenvalue weighted by atomic mass is 32.2. The van der Waals surface area contributed by atoms with E-state index in [0.717, 1.165) is 10.7 Å². The number of hydrogen-bond acceptors (Lipinski definition) is 4. The van der Waals surface area contributed by atoms with Crippen molar-refractivity contribution in [2.75, 3.05) is 0 Å². The zero-order valence-corrected chi connectivity index (χ0v) is 13.4. The molecule has 0 saturated carbocycles. The lowest BCUT2D eigenvalue weighted by Gasteiger charge is -2.19. The van der Waals surface area contributed by atoms with Gasteiger partial charge in [-0.3, -0.25) is 0 Å². The van der Waals surface area contributed by atoms with Gasteiger partial charge in [-0.15, -0.1) is 11.3 Å². The lowest BCUT2D eigenvalue weighted by molar-refractivity contribution is 0.728. The first-order chi connectivity index (χ1) is 8.95. The standard InChI is InChI=1S/C15H20N2S2/c1-9-7-10(2)17-14(8-9)19-15(12(4)16)13-6-5-11(3)18-13/h5-8,12,15H,16H2,1-4H3. The fraction of sp³-hybridized carbons (Fsp3) is 0.400. The van der Waals surface area contributed by atoms with Crippen LogP contribution in [0.2, 0.25) is 0 Å². The number of rotatable bonds is 4. The summed E-state index contributed by atoms with van der Waals surface area (Å²) in [4.78, 5) is 7.26. The lowest BCUT2D eigenvalue weighted by atomic mass is 10.2. The van der Waals surface area contributed by atoms with E-state index in [2.05, 4.69) is 50.0 Å². The van der Waals surface area contributed by atoms with Gasteiger partial charge in [0.25, 0.3) is 0 Å². The smallest absolute Gasteiger partial charge is 0.0972 e. The summed E-state index contributed by atoms with van der Waals surface area (Å²) in [7, 11) is 0. The van der Waals surface area contributed by atoms with Crippen LogP contribution in [0.3, 0.4) is 0 Å². The summed E-state index contributed by atoms with van der Waals surface area (Å²) in [6.07, 6.45) is 0. The minimum Gasteiger partial charge on any atom is -0.327 e. The van der Waals surface area contributed by atoms with Gasteiger partial charge < -0.3 is 5.73 Å². The zero-order chi connectivity index (χ0) is 14.0. The van der Waals surface area contributed by atoms with E-state index in [0.29, 0.717) is 0 Å². The number of thiophene rings is 1. The Hall–Kier alpha value is -0.840. The Kier molecular flexibility index (Phi) is 4.66. The Labute approximate surface area is 123 Å². The highest BCUT2D eigenvalue weighted by Gasteiger charge is 2.20. The monoisotopic (exact) mass is 292 g/mol. The highest BCUT2D eigenvalue weighted by molar-refractivity contribution is 7.99. The molecule has 2 aromatic heterocycles. The number of thioether (sulfide) groups is 1. The van der Waals surface area contributed by atoms with Gasteiger partial charge in [0.15, 0.2) is 0 Å². The number of hydrogen-bond donors (Lipinski definition) is 1. The van der Waals surface area contributed by atoms with Gasteiger partial charge in [-0.25, -0.2) is 4.98 Å². The van der Waals surface area contributed by atoms with Crippen molar-refractivity contribution in [2.24, 2.45) is 5.73 Å². The number of nitrogens with two attached hydrogens (primary N) is 1. The van der Waals surface area contributed by atoms with Gasteiger partial charge in [-0.1, -0.05) is 11.8 Å². The van der Waals surface area contributed by atoms with Gasteiger partial charge in [-0.05, 0) is 57.5 Å². The van der Waals surface area contributed by atoms with Gasteiger partial charge in [0.2, 0.25) is 0 Å². The highest BCUT2D eigenvalue weighted by Crippen LogP contribution is 2.39. The van der Waals surface area contributed by atoms with Crippen molar-refractivity contribution < 1.29 is 0 Å². The van der Waals surface area contributed by atoms with E-state index in [1.54, 1.807) is 11.8 Å². The number of aryl methyl sites for hydroxylation is 3. The molecule has 2 atom stereocenters. The van der Waals surface area contributed by atoms with E-state index in [1.165, 1.54) is 15.3 Å². The molecule has 0 amide bonds. The van der Waals surface area contributed by atoms with Crippen LogP contribution < -0.4 is 5.73 Å². The molecule has 0 aliphatic heterocycles. The first-order valence-electron chi connectivity index (χ1n) is 6.39. The Morgan fingerprint density at radius 1 is 1.21 bits per heavy atom. The van der Waals surface area contributed by atoms with Gasteiger partial charge in [0, 0.05) is 21.5 Å². The summed E-state index contributed by atoms with van der Waals surface area (Å²) in [5.74, 6) is 0. The molecule has 2 rings (SSSR count). The first-order valence-corrected chi connectivity index (χ1v) is 8.09. The molecule has 0 bridgehead atoms. The second-order valence-electron chi connectivity index (χ2n) is 4.97. The van der Waals surface area contributed by atoms with Crippen molar-refractivity contribution >= 4 is 23.1 Å². The lowest BCUT2D eigenvalue weighted by Crippen LogP contribution is -2.22. The van der Waals surface area contributed by atoms with Gasteiger partial charge in [0.05, 0.1) is 10.3 Å². The molecule has 0 radical (unpaired) electrons. The van der Waals surface area contributed by atoms with Crippen LogP contribution >= 0.6 is 23.1 Å². The third kappa shape index (κ3) is 3.81. The summed E-state index contributed by atoms with van der Waals surface area (Å²) in [5, 5.41) is 1.33. The second-order valence-corrected chi connectivity index (χ2v) is 7.45. The van der Waals surface area contributed by atoms with Crippen molar-refractivity contribution in [3.63, 3.8) is 0 Å². The number of pyridine rings is 1. The molecule has 2 N–H and O–H groups in total. The van der Waals surface area contributed by atoms with Crippen LogP contribution in [0.25, 0.3) is 0 Å². The molecule has 4 heteroatoms. The van der Waals surface area contributed by atoms with E-state index >= 15 is 0 Å². The molecule has 0 spiro atoms. The molecule has 0 aliphatic carbocycles. The van der Waals surface area contributed by atoms with E-state index in [4.69, 9.17) is 5.73 Å². The Balaban J connectivity index is 2.26. The largest absolute Gasteiger partial charge is 0.327 e. The molecular weight excluding hydrogens is 272 g/mol. The van der Waals surface area contributed by atoms with Crippen LogP contribution in [-0.4, -0.2) is 11.0 Å². The summed E-state index contributed by atoms with van der Waals surface area (Å²) < 4.78 is 0. The molecule has 2 heterocycles. The van der Waals surface area contributed by atoms with Crippen molar-refractivity contribution in [1.29, 1.82) is 0 Å². The third-order valence-electron chi connectivity index (χ3n) is 2.84. The average Bonchev–Trinajstić information content (AvgIpc) is 2.70. The molecule has 102 valence electrons. The molecule has 2 unspecified atom stereocenters. The summed E-state index contributed by atoms with van der Waals surface area (Å²) >= 11 is 3.59. The van der Waals surface area contributed by atoms with Crippen LogP contribution in [0.5, 0.6) is 0 Å². The van der Waals surface area contributed by atoms with Crippen molar-refractivity contribution in [2.45, 2.75) is 44.0 Å². The van der Waals surface area contributed by atoms with E-state index in [1.807, 2.05) is 18.3 Å². The SMILES string of the molecule is Cc1cc(C)nc(SC(c2ccc(C)s2)C(C)N)c1. The predicted molar refractivity (Wildman–Crippen MR) is 85.0 cm³/mol. The maximum atomic E-state index is 6.16. The molecule has 19 heavy (non-hydrogen) atoms. The molecule has 0 saturated heterocycles. The molecule has 2 nitrogen and oxygen atoms in total. The maximum absolute atomic E-state index is 6.16. The van der Waals surface area contributed by atoms with E-state index in [-0.39, 0.29) is 11.3 Å². The minimum absolute atomic E-state index is 0.102. The van der Waals surface area contributed by atoms with Crippen molar-refractivity contribution in [1.82, 2.24) is 4.98 Å². The number of aromatic nitrogens is 1. The minimum atomic E-state index is 0.102. The van der Waals surface area contributed by atoms with Crippen LogP contribution in [0.1, 0.15) is 33.2 Å². The third-order valence-corrected chi connectivity index (χ3v) is 5.46. The maximum Gasteiger partial charge on any atom is 0.0972 e. The van der Waals surface area contributed by atoms with Crippen LogP contribution in [0, 0.1) is 20.8 Å². The molecule has 0 fully saturated rings. The second kappa shape index (κ2) is 6.07. The number of nitrogens with zero attached hydrogens (tertiary/aromatic N) is 1. The molecule has 2 aromatic rings. The summed E-state index contributed by atoms with van der Waals surface area (Å²) in [5.41, 5.74) is 8.47. The Morgan fingerprint density at radius 2 is 1.95 bits per heavy atom. The van der Waals surface area contributed by atoms with Crippen LogP contribution in [0.15, 0.2) is 29.3 Å². The van der Waals surface area contributed by atoms with Crippen LogP contribution in [-0.2, 0) is 0 Å². The zero-order valence-electron chi connectivity index (χ0n) is 11.8. The van der Waals surface area contributed by atoms with E-state index in [9.17, 15) is 0 Å². The van der Waals surface area contributed by atoms with Gasteiger partial charge in [0.1, 0.15) is 0 Å². The van der Waals surface area contributed by atoms with Gasteiger partial charge >= 0.3 is 0 Å². The van der Waals surface area contributed by atoms with Crippen LogP contribution in [0.4, 0.5) is 0 Å². The van der Waals surface area contributed by atoms with E-state index < -0.39 is 0 Å². The summed E-state index contributed by atoms with van der Waals surface area (Å²) in [6, 6.07) is 8.67. The topological polar surface area (TPSA) is 38.9 Å².